The molecule has 0 saturated heterocycles. The van der Waals surface area contributed by atoms with Crippen molar-refractivity contribution in [3.8, 4) is 5.75 Å². The van der Waals surface area contributed by atoms with Gasteiger partial charge in [0.15, 0.2) is 5.75 Å². The molecule has 110 valence electrons. The minimum absolute atomic E-state index is 0.0338. The monoisotopic (exact) mass is 290 g/mol. The van der Waals surface area contributed by atoms with Gasteiger partial charge in [0.25, 0.3) is 0 Å². The Hall–Kier alpha value is -3.03. The van der Waals surface area contributed by atoms with Crippen molar-refractivity contribution >= 4 is 17.7 Å². The Morgan fingerprint density at radius 1 is 1.29 bits per heavy atom. The number of carboxylic acid groups (broad SMARTS) is 1. The van der Waals surface area contributed by atoms with Crippen LogP contribution >= 0.6 is 0 Å². The first kappa shape index (κ1) is 14.4. The highest BCUT2D eigenvalue weighted by molar-refractivity contribution is 5.97. The Labute approximate surface area is 120 Å². The average Bonchev–Trinajstić information content (AvgIpc) is 2.94. The summed E-state index contributed by atoms with van der Waals surface area (Å²) in [4.78, 5) is 22.5. The highest BCUT2D eigenvalue weighted by Gasteiger charge is 2.14. The van der Waals surface area contributed by atoms with E-state index in [2.05, 4.69) is 15.7 Å². The Kier molecular flexibility index (Phi) is 4.39. The number of carbonyl (C=O) groups is 2. The van der Waals surface area contributed by atoms with Crippen LogP contribution in [0.4, 0.5) is 10.5 Å². The summed E-state index contributed by atoms with van der Waals surface area (Å²) in [5, 5.41) is 27.6. The molecule has 0 fully saturated rings. The summed E-state index contributed by atoms with van der Waals surface area (Å²) in [6, 6.07) is 5.32. The van der Waals surface area contributed by atoms with Crippen molar-refractivity contribution in [2.24, 2.45) is 0 Å². The zero-order valence-electron chi connectivity index (χ0n) is 11.0. The van der Waals surface area contributed by atoms with Crippen molar-refractivity contribution in [1.82, 2.24) is 15.1 Å². The van der Waals surface area contributed by atoms with Crippen molar-refractivity contribution < 1.29 is 19.8 Å². The number of aromatic nitrogens is 2. The summed E-state index contributed by atoms with van der Waals surface area (Å²) >= 11 is 0. The molecule has 0 atom stereocenters. The normalized spacial score (nSPS) is 10.1. The van der Waals surface area contributed by atoms with Crippen LogP contribution in [0.3, 0.4) is 0 Å². The number of anilines is 1. The van der Waals surface area contributed by atoms with Gasteiger partial charge in [0.1, 0.15) is 5.56 Å². The zero-order valence-corrected chi connectivity index (χ0v) is 11.0. The van der Waals surface area contributed by atoms with Crippen molar-refractivity contribution in [1.29, 1.82) is 0 Å². The second kappa shape index (κ2) is 6.42. The van der Waals surface area contributed by atoms with E-state index in [-0.39, 0.29) is 11.3 Å². The number of rotatable bonds is 5. The fourth-order valence-corrected chi connectivity index (χ4v) is 1.70. The molecule has 8 nitrogen and oxygen atoms in total. The standard InChI is InChI=1S/C13H14N4O4/c18-11-9(12(19)20)3-1-4-10(11)16-13(21)14-6-8-17-7-2-5-15-17/h1-5,7,18H,6,8H2,(H,19,20)(H2,14,16,21). The molecular formula is C13H14N4O4. The maximum Gasteiger partial charge on any atom is 0.339 e. The molecule has 21 heavy (non-hydrogen) atoms. The van der Waals surface area contributed by atoms with Crippen LogP contribution in [-0.4, -0.2) is 38.5 Å². The second-order valence-corrected chi connectivity index (χ2v) is 4.16. The predicted molar refractivity (Wildman–Crippen MR) is 74.3 cm³/mol. The molecule has 0 spiro atoms. The topological polar surface area (TPSA) is 116 Å². The Balaban J connectivity index is 1.90. The molecule has 0 unspecified atom stereocenters. The summed E-state index contributed by atoms with van der Waals surface area (Å²) in [5.74, 6) is -1.75. The number of hydrogen-bond acceptors (Lipinski definition) is 4. The molecule has 0 aliphatic carbocycles. The Bertz CT molecular complexity index is 640. The van der Waals surface area contributed by atoms with Gasteiger partial charge in [-0.1, -0.05) is 6.07 Å². The van der Waals surface area contributed by atoms with Gasteiger partial charge in [-0.2, -0.15) is 5.10 Å². The number of carboxylic acids is 1. The molecule has 2 aromatic rings. The molecule has 1 aromatic heterocycles. The van der Waals surface area contributed by atoms with Gasteiger partial charge in [-0.25, -0.2) is 9.59 Å². The molecule has 0 aliphatic heterocycles. The number of urea groups is 1. The van der Waals surface area contributed by atoms with Crippen molar-refractivity contribution in [2.45, 2.75) is 6.54 Å². The maximum atomic E-state index is 11.7. The second-order valence-electron chi connectivity index (χ2n) is 4.16. The molecule has 0 bridgehead atoms. The fraction of sp³-hybridized carbons (Fsp3) is 0.154. The van der Waals surface area contributed by atoms with E-state index >= 15 is 0 Å². The molecule has 4 N–H and O–H groups in total. The molecule has 1 aromatic carbocycles. The van der Waals surface area contributed by atoms with E-state index in [1.165, 1.54) is 18.2 Å². The predicted octanol–water partition coefficient (Wildman–Crippen LogP) is 1.11. The van der Waals surface area contributed by atoms with E-state index in [1.54, 1.807) is 23.1 Å². The number of hydrogen-bond donors (Lipinski definition) is 4. The van der Waals surface area contributed by atoms with Crippen LogP contribution in [0.1, 0.15) is 10.4 Å². The average molecular weight is 290 g/mol. The highest BCUT2D eigenvalue weighted by Crippen LogP contribution is 2.27. The van der Waals surface area contributed by atoms with Crippen LogP contribution in [0.2, 0.25) is 0 Å². The number of carbonyl (C=O) groups excluding carboxylic acids is 1. The number of aromatic hydroxyl groups is 1. The van der Waals surface area contributed by atoms with Gasteiger partial charge in [-0.15, -0.1) is 0 Å². The van der Waals surface area contributed by atoms with Crippen LogP contribution in [0.25, 0.3) is 0 Å². The van der Waals surface area contributed by atoms with E-state index in [9.17, 15) is 14.7 Å². The summed E-state index contributed by atoms with van der Waals surface area (Å²) in [6.07, 6.45) is 3.40. The molecule has 2 rings (SSSR count). The quantitative estimate of drug-likeness (QED) is 0.615. The van der Waals surface area contributed by atoms with Gasteiger partial charge in [-0.3, -0.25) is 4.68 Å². The molecular weight excluding hydrogens is 276 g/mol. The Morgan fingerprint density at radius 2 is 2.10 bits per heavy atom. The zero-order chi connectivity index (χ0) is 15.2. The van der Waals surface area contributed by atoms with Crippen LogP contribution in [-0.2, 0) is 6.54 Å². The molecule has 0 radical (unpaired) electrons. The lowest BCUT2D eigenvalue weighted by Gasteiger charge is -2.10. The lowest BCUT2D eigenvalue weighted by molar-refractivity contribution is 0.0693. The van der Waals surface area contributed by atoms with Gasteiger partial charge >= 0.3 is 12.0 Å². The molecule has 0 saturated carbocycles. The van der Waals surface area contributed by atoms with Crippen molar-refractivity contribution in [3.63, 3.8) is 0 Å². The lowest BCUT2D eigenvalue weighted by Crippen LogP contribution is -2.31. The number of nitrogens with one attached hydrogen (secondary N) is 2. The van der Waals surface area contributed by atoms with Gasteiger partial charge in [-0.05, 0) is 18.2 Å². The van der Waals surface area contributed by atoms with Gasteiger partial charge < -0.3 is 20.8 Å². The SMILES string of the molecule is O=C(NCCn1cccn1)Nc1cccc(C(=O)O)c1O. The number of nitrogens with zero attached hydrogens (tertiary/aromatic N) is 2. The number of amides is 2. The number of aromatic carboxylic acids is 1. The third-order valence-electron chi connectivity index (χ3n) is 2.70. The largest absolute Gasteiger partial charge is 0.505 e. The molecule has 2 amide bonds. The van der Waals surface area contributed by atoms with Crippen LogP contribution in [0, 0.1) is 0 Å². The molecule has 0 aliphatic rings. The van der Waals surface area contributed by atoms with E-state index in [0.717, 1.165) is 0 Å². The highest BCUT2D eigenvalue weighted by atomic mass is 16.4. The summed E-state index contributed by atoms with van der Waals surface area (Å²) in [6.45, 7) is 0.842. The summed E-state index contributed by atoms with van der Waals surface area (Å²) in [7, 11) is 0. The number of benzene rings is 1. The molecule has 8 heteroatoms. The fourth-order valence-electron chi connectivity index (χ4n) is 1.70. The number of para-hydroxylation sites is 1. The van der Waals surface area contributed by atoms with Gasteiger partial charge in [0.2, 0.25) is 0 Å². The van der Waals surface area contributed by atoms with E-state index in [1.807, 2.05) is 0 Å². The van der Waals surface area contributed by atoms with Crippen LogP contribution in [0.15, 0.2) is 36.7 Å². The number of phenols is 1. The van der Waals surface area contributed by atoms with Gasteiger partial charge in [0, 0.05) is 18.9 Å². The minimum atomic E-state index is -1.27. The Morgan fingerprint density at radius 3 is 2.76 bits per heavy atom. The first-order chi connectivity index (χ1) is 10.1. The first-order valence-corrected chi connectivity index (χ1v) is 6.15. The van der Waals surface area contributed by atoms with E-state index in [4.69, 9.17) is 5.11 Å². The van der Waals surface area contributed by atoms with Crippen molar-refractivity contribution in [3.05, 3.63) is 42.2 Å². The maximum absolute atomic E-state index is 11.7. The van der Waals surface area contributed by atoms with Crippen LogP contribution < -0.4 is 10.6 Å². The lowest BCUT2D eigenvalue weighted by atomic mass is 10.2. The van der Waals surface area contributed by atoms with Crippen LogP contribution in [0.5, 0.6) is 5.75 Å². The third kappa shape index (κ3) is 3.72. The van der Waals surface area contributed by atoms with Gasteiger partial charge in [0.05, 0.1) is 12.2 Å². The third-order valence-corrected chi connectivity index (χ3v) is 2.70. The first-order valence-electron chi connectivity index (χ1n) is 6.15. The van der Waals surface area contributed by atoms with Crippen molar-refractivity contribution in [2.75, 3.05) is 11.9 Å². The molecule has 1 heterocycles. The summed E-state index contributed by atoms with van der Waals surface area (Å²) in [5.41, 5.74) is -0.240. The smallest absolute Gasteiger partial charge is 0.339 e. The van der Waals surface area contributed by atoms with E-state index < -0.39 is 17.7 Å². The summed E-state index contributed by atoms with van der Waals surface area (Å²) < 4.78 is 1.66. The minimum Gasteiger partial charge on any atom is -0.505 e. The van der Waals surface area contributed by atoms with E-state index in [0.29, 0.717) is 13.1 Å².